The molecule has 0 amide bonds. The fourth-order valence-electron chi connectivity index (χ4n) is 1.81. The van der Waals surface area contributed by atoms with E-state index in [4.69, 9.17) is 0 Å². The van der Waals surface area contributed by atoms with Crippen LogP contribution in [0.25, 0.3) is 0 Å². The van der Waals surface area contributed by atoms with Gasteiger partial charge in [-0.1, -0.05) is 20.3 Å². The van der Waals surface area contributed by atoms with Crippen molar-refractivity contribution in [1.29, 1.82) is 0 Å². The predicted octanol–water partition coefficient (Wildman–Crippen LogP) is 2.71. The Labute approximate surface area is 120 Å². The van der Waals surface area contributed by atoms with Crippen LogP contribution in [0.2, 0.25) is 0 Å². The summed E-state index contributed by atoms with van der Waals surface area (Å²) < 4.78 is 27.0. The molecule has 0 aliphatic rings. The summed E-state index contributed by atoms with van der Waals surface area (Å²) >= 11 is 1.49. The predicted molar refractivity (Wildman–Crippen MR) is 81.0 cm³/mol. The van der Waals surface area contributed by atoms with Gasteiger partial charge in [-0.15, -0.1) is 11.3 Å². The van der Waals surface area contributed by atoms with Gasteiger partial charge in [-0.2, -0.15) is 0 Å². The quantitative estimate of drug-likeness (QED) is 0.690. The molecule has 2 N–H and O–H groups in total. The maximum atomic E-state index is 12.1. The van der Waals surface area contributed by atoms with Crippen molar-refractivity contribution in [2.24, 2.45) is 0 Å². The first-order valence-corrected chi connectivity index (χ1v) is 9.16. The summed E-state index contributed by atoms with van der Waals surface area (Å²) in [6.45, 7) is 7.74. The van der Waals surface area contributed by atoms with E-state index in [2.05, 4.69) is 17.0 Å². The van der Waals surface area contributed by atoms with E-state index >= 15 is 0 Å². The van der Waals surface area contributed by atoms with E-state index in [9.17, 15) is 8.42 Å². The Balaban J connectivity index is 2.63. The molecule has 0 aromatic carbocycles. The monoisotopic (exact) mass is 304 g/mol. The smallest absolute Gasteiger partial charge is 0.241 e. The second-order valence-electron chi connectivity index (χ2n) is 4.74. The molecule has 0 saturated carbocycles. The van der Waals surface area contributed by atoms with E-state index in [1.807, 2.05) is 13.8 Å². The molecule has 1 heterocycles. The average molecular weight is 304 g/mol. The lowest BCUT2D eigenvalue weighted by molar-refractivity contribution is 0.544. The van der Waals surface area contributed by atoms with Gasteiger partial charge < -0.3 is 5.32 Å². The number of nitrogens with one attached hydrogen (secondary N) is 2. The second kappa shape index (κ2) is 7.99. The van der Waals surface area contributed by atoms with Gasteiger partial charge in [0.05, 0.1) is 4.90 Å². The van der Waals surface area contributed by atoms with Crippen LogP contribution in [0, 0.1) is 0 Å². The summed E-state index contributed by atoms with van der Waals surface area (Å²) in [7, 11) is -3.36. The lowest BCUT2D eigenvalue weighted by Gasteiger charge is -2.11. The highest BCUT2D eigenvalue weighted by Crippen LogP contribution is 2.19. The Morgan fingerprint density at radius 3 is 2.68 bits per heavy atom. The molecule has 6 heteroatoms. The highest BCUT2D eigenvalue weighted by Gasteiger charge is 2.18. The molecule has 0 aliphatic carbocycles. The minimum absolute atomic E-state index is 0.0171. The lowest BCUT2D eigenvalue weighted by atomic mass is 10.2. The molecule has 0 saturated heterocycles. The normalized spacial score (nSPS) is 13.6. The Bertz CT molecular complexity index is 469. The number of thiophene rings is 1. The van der Waals surface area contributed by atoms with Crippen molar-refractivity contribution >= 4 is 21.4 Å². The van der Waals surface area contributed by atoms with Gasteiger partial charge >= 0.3 is 0 Å². The van der Waals surface area contributed by atoms with Crippen LogP contribution in [0.4, 0.5) is 0 Å². The van der Waals surface area contributed by atoms with Crippen LogP contribution < -0.4 is 10.0 Å². The van der Waals surface area contributed by atoms with E-state index in [1.165, 1.54) is 11.3 Å². The van der Waals surface area contributed by atoms with Gasteiger partial charge in [0.15, 0.2) is 0 Å². The zero-order chi connectivity index (χ0) is 14.3. The molecule has 19 heavy (non-hydrogen) atoms. The number of hydrogen-bond donors (Lipinski definition) is 2. The molecule has 110 valence electrons. The summed E-state index contributed by atoms with van der Waals surface area (Å²) in [4.78, 5) is 1.44. The molecule has 4 nitrogen and oxygen atoms in total. The van der Waals surface area contributed by atoms with Gasteiger partial charge in [0.1, 0.15) is 0 Å². The van der Waals surface area contributed by atoms with E-state index in [0.717, 1.165) is 37.2 Å². The largest absolute Gasteiger partial charge is 0.312 e. The Hall–Kier alpha value is -0.430. The topological polar surface area (TPSA) is 58.2 Å². The summed E-state index contributed by atoms with van der Waals surface area (Å²) in [5.41, 5.74) is 0. The first kappa shape index (κ1) is 16.6. The number of sulfonamides is 1. The first-order valence-electron chi connectivity index (χ1n) is 6.80. The lowest BCUT2D eigenvalue weighted by Crippen LogP contribution is -2.32. The Morgan fingerprint density at radius 1 is 1.32 bits per heavy atom. The third-order valence-corrected chi connectivity index (χ3v) is 5.40. The molecule has 0 radical (unpaired) electrons. The van der Waals surface area contributed by atoms with E-state index in [-0.39, 0.29) is 6.04 Å². The molecule has 0 aliphatic heterocycles. The SMILES string of the molecule is CCCNCc1cc(S(=O)(=O)NC(C)CCC)cs1. The Morgan fingerprint density at radius 2 is 2.05 bits per heavy atom. The fraction of sp³-hybridized carbons (Fsp3) is 0.692. The molecule has 1 atom stereocenters. The van der Waals surface area contributed by atoms with Crippen molar-refractivity contribution in [3.63, 3.8) is 0 Å². The second-order valence-corrected chi connectivity index (χ2v) is 7.45. The molecule has 1 aromatic heterocycles. The zero-order valence-electron chi connectivity index (χ0n) is 11.9. The van der Waals surface area contributed by atoms with Crippen LogP contribution in [-0.4, -0.2) is 21.0 Å². The van der Waals surface area contributed by atoms with Crippen molar-refractivity contribution in [1.82, 2.24) is 10.0 Å². The van der Waals surface area contributed by atoms with Crippen LogP contribution >= 0.6 is 11.3 Å². The van der Waals surface area contributed by atoms with Crippen molar-refractivity contribution in [2.75, 3.05) is 6.54 Å². The molecule has 0 fully saturated rings. The van der Waals surface area contributed by atoms with Gasteiger partial charge in [0, 0.05) is 22.8 Å². The molecular formula is C13H24N2O2S2. The minimum atomic E-state index is -3.36. The maximum Gasteiger partial charge on any atom is 0.241 e. The van der Waals surface area contributed by atoms with Crippen LogP contribution in [0.3, 0.4) is 0 Å². The summed E-state index contributed by atoms with van der Waals surface area (Å²) in [6.07, 6.45) is 2.90. The Kier molecular flexibility index (Phi) is 6.99. The summed E-state index contributed by atoms with van der Waals surface area (Å²) in [6, 6.07) is 1.74. The van der Waals surface area contributed by atoms with Gasteiger partial charge in [-0.25, -0.2) is 13.1 Å². The highest BCUT2D eigenvalue weighted by molar-refractivity contribution is 7.89. The molecular weight excluding hydrogens is 280 g/mol. The molecule has 1 aromatic rings. The number of hydrogen-bond acceptors (Lipinski definition) is 4. The third kappa shape index (κ3) is 5.60. The summed E-state index contributed by atoms with van der Waals surface area (Å²) in [5, 5.41) is 4.98. The average Bonchev–Trinajstić information content (AvgIpc) is 2.78. The van der Waals surface area contributed by atoms with E-state index < -0.39 is 10.0 Å². The van der Waals surface area contributed by atoms with Crippen LogP contribution in [0.15, 0.2) is 16.3 Å². The molecule has 0 bridgehead atoms. The van der Waals surface area contributed by atoms with Crippen molar-refractivity contribution < 1.29 is 8.42 Å². The van der Waals surface area contributed by atoms with E-state index in [1.54, 1.807) is 11.4 Å². The van der Waals surface area contributed by atoms with Crippen LogP contribution in [0.1, 0.15) is 44.9 Å². The first-order chi connectivity index (χ1) is 8.99. The van der Waals surface area contributed by atoms with Crippen LogP contribution in [-0.2, 0) is 16.6 Å². The van der Waals surface area contributed by atoms with Crippen molar-refractivity contribution in [2.45, 2.75) is 57.5 Å². The number of rotatable bonds is 9. The van der Waals surface area contributed by atoms with Gasteiger partial charge in [-0.05, 0) is 32.4 Å². The molecule has 0 spiro atoms. The van der Waals surface area contributed by atoms with Crippen LogP contribution in [0.5, 0.6) is 0 Å². The van der Waals surface area contributed by atoms with Gasteiger partial charge in [0.25, 0.3) is 0 Å². The van der Waals surface area contributed by atoms with Crippen molar-refractivity contribution in [3.05, 3.63) is 16.3 Å². The zero-order valence-corrected chi connectivity index (χ0v) is 13.5. The van der Waals surface area contributed by atoms with Gasteiger partial charge in [0.2, 0.25) is 10.0 Å². The summed E-state index contributed by atoms with van der Waals surface area (Å²) in [5.74, 6) is 0. The molecule has 1 rings (SSSR count). The van der Waals surface area contributed by atoms with Crippen molar-refractivity contribution in [3.8, 4) is 0 Å². The minimum Gasteiger partial charge on any atom is -0.312 e. The standard InChI is InChI=1S/C13H24N2O2S2/c1-4-6-11(3)15-19(16,17)13-8-12(18-10-13)9-14-7-5-2/h8,10-11,14-15H,4-7,9H2,1-3H3. The fourth-order valence-corrected chi connectivity index (χ4v) is 4.33. The third-order valence-electron chi connectivity index (χ3n) is 2.74. The maximum absolute atomic E-state index is 12.1. The molecule has 1 unspecified atom stereocenters. The highest BCUT2D eigenvalue weighted by atomic mass is 32.2. The van der Waals surface area contributed by atoms with Gasteiger partial charge in [-0.3, -0.25) is 0 Å². The van der Waals surface area contributed by atoms with E-state index in [0.29, 0.717) is 4.90 Å².